The fourth-order valence-corrected chi connectivity index (χ4v) is 2.89. The molecular weight excluding hydrogens is 234 g/mol. The van der Waals surface area contributed by atoms with E-state index in [2.05, 4.69) is 0 Å². The number of carbonyl (C=O) groups is 2. The number of piperidine rings is 1. The van der Waals surface area contributed by atoms with Gasteiger partial charge in [0.25, 0.3) is 6.09 Å². The van der Waals surface area contributed by atoms with Gasteiger partial charge in [-0.15, -0.1) is 0 Å². The number of carboxylic acids is 1. The van der Waals surface area contributed by atoms with Crippen molar-refractivity contribution in [3.8, 4) is 0 Å². The molecule has 0 unspecified atom stereocenters. The van der Waals surface area contributed by atoms with Gasteiger partial charge in [-0.25, -0.2) is 0 Å². The van der Waals surface area contributed by atoms with Gasteiger partial charge >= 0.3 is 5.97 Å². The minimum absolute atomic E-state index is 0.151. The van der Waals surface area contributed by atoms with E-state index in [1.807, 2.05) is 27.7 Å². The Morgan fingerprint density at radius 2 is 1.72 bits per heavy atom. The zero-order valence-electron chi connectivity index (χ0n) is 11.7. The lowest BCUT2D eigenvalue weighted by Gasteiger charge is -2.53. The molecular formula is C13H23NO4. The first-order valence-electron chi connectivity index (χ1n) is 6.43. The van der Waals surface area contributed by atoms with Crippen LogP contribution in [0.4, 0.5) is 4.79 Å². The van der Waals surface area contributed by atoms with Crippen molar-refractivity contribution >= 4 is 12.1 Å². The molecule has 0 aromatic carbocycles. The molecule has 0 radical (unpaired) electrons. The van der Waals surface area contributed by atoms with E-state index in [9.17, 15) is 19.8 Å². The number of likely N-dealkylation sites (tertiary alicyclic amines) is 1. The second-order valence-electron chi connectivity index (χ2n) is 6.29. The molecule has 0 spiro atoms. The first-order valence-corrected chi connectivity index (χ1v) is 6.43. The standard InChI is InChI=1S/C13H23NO4/c1-5-13(10(15)16)6-8-14(9-7-13,11(17)18)12(2,3)4/h5-9H2,1-4H3,(H-,15,16,17,18). The molecule has 1 N–H and O–H groups in total. The Hall–Kier alpha value is -1.10. The van der Waals surface area contributed by atoms with Crippen LogP contribution in [-0.4, -0.2) is 40.3 Å². The highest BCUT2D eigenvalue weighted by Gasteiger charge is 2.52. The first-order chi connectivity index (χ1) is 8.11. The van der Waals surface area contributed by atoms with Gasteiger partial charge in [0.1, 0.15) is 0 Å². The van der Waals surface area contributed by atoms with E-state index >= 15 is 0 Å². The van der Waals surface area contributed by atoms with Crippen molar-refractivity contribution in [2.24, 2.45) is 5.41 Å². The highest BCUT2D eigenvalue weighted by Crippen LogP contribution is 2.41. The molecule has 0 aromatic heterocycles. The normalized spacial score (nSPS) is 33.1. The van der Waals surface area contributed by atoms with E-state index in [0.717, 1.165) is 0 Å². The molecule has 1 aliphatic rings. The summed E-state index contributed by atoms with van der Waals surface area (Å²) in [5.41, 5.74) is -1.24. The lowest BCUT2D eigenvalue weighted by molar-refractivity contribution is -0.925. The number of aliphatic carboxylic acids is 1. The van der Waals surface area contributed by atoms with Crippen molar-refractivity contribution in [2.75, 3.05) is 13.1 Å². The molecule has 1 heterocycles. The number of carbonyl (C=O) groups excluding carboxylic acids is 1. The molecule has 1 amide bonds. The number of rotatable bonds is 2. The van der Waals surface area contributed by atoms with Crippen LogP contribution in [0, 0.1) is 5.41 Å². The van der Waals surface area contributed by atoms with Crippen molar-refractivity contribution in [3.63, 3.8) is 0 Å². The van der Waals surface area contributed by atoms with Gasteiger partial charge < -0.3 is 15.0 Å². The summed E-state index contributed by atoms with van der Waals surface area (Å²) in [7, 11) is 0. The van der Waals surface area contributed by atoms with E-state index in [-0.39, 0.29) is 4.48 Å². The predicted molar refractivity (Wildman–Crippen MR) is 64.7 cm³/mol. The zero-order valence-corrected chi connectivity index (χ0v) is 11.7. The summed E-state index contributed by atoms with van der Waals surface area (Å²) >= 11 is 0. The smallest absolute Gasteiger partial charge is 0.310 e. The lowest BCUT2D eigenvalue weighted by atomic mass is 9.74. The minimum Gasteiger partial charge on any atom is -0.498 e. The highest BCUT2D eigenvalue weighted by molar-refractivity contribution is 5.74. The van der Waals surface area contributed by atoms with Crippen LogP contribution in [-0.2, 0) is 4.79 Å². The van der Waals surface area contributed by atoms with Crippen LogP contribution >= 0.6 is 0 Å². The molecule has 0 aliphatic carbocycles. The average molecular weight is 257 g/mol. The quantitative estimate of drug-likeness (QED) is 0.754. The summed E-state index contributed by atoms with van der Waals surface area (Å²) in [4.78, 5) is 22.9. The van der Waals surface area contributed by atoms with Crippen LogP contribution in [0.25, 0.3) is 0 Å². The van der Waals surface area contributed by atoms with Crippen LogP contribution in [0.1, 0.15) is 47.0 Å². The Kier molecular flexibility index (Phi) is 3.77. The fourth-order valence-electron chi connectivity index (χ4n) is 2.89. The van der Waals surface area contributed by atoms with E-state index in [1.165, 1.54) is 0 Å². The van der Waals surface area contributed by atoms with Crippen molar-refractivity contribution in [1.29, 1.82) is 0 Å². The highest BCUT2D eigenvalue weighted by atomic mass is 16.4. The second kappa shape index (κ2) is 4.53. The van der Waals surface area contributed by atoms with Crippen molar-refractivity contribution in [3.05, 3.63) is 0 Å². The predicted octanol–water partition coefficient (Wildman–Crippen LogP) is 1.22. The first kappa shape index (κ1) is 15.0. The van der Waals surface area contributed by atoms with Gasteiger partial charge in [-0.05, 0) is 27.2 Å². The Bertz CT molecular complexity index is 348. The van der Waals surface area contributed by atoms with E-state index < -0.39 is 23.0 Å². The Labute approximate surface area is 108 Å². The monoisotopic (exact) mass is 257 g/mol. The Morgan fingerprint density at radius 3 is 1.94 bits per heavy atom. The van der Waals surface area contributed by atoms with Crippen molar-refractivity contribution in [1.82, 2.24) is 0 Å². The number of nitrogens with zero attached hydrogens (tertiary/aromatic N) is 1. The van der Waals surface area contributed by atoms with E-state index in [1.54, 1.807) is 0 Å². The van der Waals surface area contributed by atoms with Gasteiger partial charge in [-0.1, -0.05) is 6.92 Å². The molecule has 1 rings (SSSR count). The largest absolute Gasteiger partial charge is 0.498 e. The van der Waals surface area contributed by atoms with E-state index in [0.29, 0.717) is 32.4 Å². The summed E-state index contributed by atoms with van der Waals surface area (Å²) < 4.78 is -0.151. The van der Waals surface area contributed by atoms with Gasteiger partial charge in [0.05, 0.1) is 24.0 Å². The Balaban J connectivity index is 3.02. The molecule has 0 aromatic rings. The number of carboxylic acid groups (broad SMARTS) is 2. The SMILES string of the molecule is CCC1(C(=O)O)CC[N+](C(=O)[O-])(C(C)(C)C)CC1. The molecule has 0 saturated carbocycles. The summed E-state index contributed by atoms with van der Waals surface area (Å²) in [6.45, 7) is 8.09. The maximum Gasteiger partial charge on any atom is 0.310 e. The van der Waals surface area contributed by atoms with Gasteiger partial charge in [0.2, 0.25) is 0 Å². The third kappa shape index (κ3) is 2.11. The summed E-state index contributed by atoms with van der Waals surface area (Å²) in [6, 6.07) is 0. The molecule has 0 bridgehead atoms. The van der Waals surface area contributed by atoms with Crippen LogP contribution in [0.5, 0.6) is 0 Å². The topological polar surface area (TPSA) is 77.4 Å². The Morgan fingerprint density at radius 1 is 1.28 bits per heavy atom. The second-order valence-corrected chi connectivity index (χ2v) is 6.29. The van der Waals surface area contributed by atoms with Crippen molar-refractivity contribution in [2.45, 2.75) is 52.5 Å². The van der Waals surface area contributed by atoms with Crippen LogP contribution < -0.4 is 5.11 Å². The number of hydrogen-bond acceptors (Lipinski definition) is 3. The summed E-state index contributed by atoms with van der Waals surface area (Å²) in [6.07, 6.45) is 0.228. The van der Waals surface area contributed by atoms with Gasteiger partial charge in [-0.3, -0.25) is 9.28 Å². The minimum atomic E-state index is -1.10. The van der Waals surface area contributed by atoms with Crippen molar-refractivity contribution < 1.29 is 24.3 Å². The number of quaternary nitrogens is 1. The van der Waals surface area contributed by atoms with E-state index in [4.69, 9.17) is 0 Å². The molecule has 18 heavy (non-hydrogen) atoms. The third-order valence-electron chi connectivity index (χ3n) is 4.71. The summed E-state index contributed by atoms with van der Waals surface area (Å²) in [5, 5.41) is 20.8. The summed E-state index contributed by atoms with van der Waals surface area (Å²) in [5.74, 6) is -0.810. The molecule has 0 atom stereocenters. The molecule has 1 fully saturated rings. The van der Waals surface area contributed by atoms with Crippen LogP contribution in [0.15, 0.2) is 0 Å². The molecule has 1 saturated heterocycles. The van der Waals surface area contributed by atoms with Gasteiger partial charge in [-0.2, -0.15) is 0 Å². The number of amides is 1. The molecule has 1 aliphatic heterocycles. The molecule has 104 valence electrons. The molecule has 5 heteroatoms. The fraction of sp³-hybridized carbons (Fsp3) is 0.846. The third-order valence-corrected chi connectivity index (χ3v) is 4.71. The van der Waals surface area contributed by atoms with Crippen LogP contribution in [0.2, 0.25) is 0 Å². The maximum atomic E-state index is 11.5. The lowest BCUT2D eigenvalue weighted by Crippen LogP contribution is -2.71. The average Bonchev–Trinajstić information content (AvgIpc) is 2.26. The van der Waals surface area contributed by atoms with Gasteiger partial charge in [0, 0.05) is 12.8 Å². The van der Waals surface area contributed by atoms with Crippen LogP contribution in [0.3, 0.4) is 0 Å². The molecule has 5 nitrogen and oxygen atoms in total. The zero-order chi connectivity index (χ0) is 14.2. The number of hydrogen-bond donors (Lipinski definition) is 1. The maximum absolute atomic E-state index is 11.5. The van der Waals surface area contributed by atoms with Gasteiger partial charge in [0.15, 0.2) is 0 Å².